The Bertz CT molecular complexity index is 452. The maximum Gasteiger partial charge on any atom is 0.274 e. The second kappa shape index (κ2) is 5.74. The molecule has 5 heteroatoms. The number of carbonyl (C=O) groups is 1. The van der Waals surface area contributed by atoms with E-state index in [1.54, 1.807) is 4.68 Å². The van der Waals surface area contributed by atoms with E-state index in [4.69, 9.17) is 5.73 Å². The molecule has 0 unspecified atom stereocenters. The van der Waals surface area contributed by atoms with Crippen LogP contribution in [0.1, 0.15) is 55.2 Å². The average Bonchev–Trinajstić information content (AvgIpc) is 2.80. The Labute approximate surface area is 114 Å². The van der Waals surface area contributed by atoms with Gasteiger partial charge in [0.1, 0.15) is 0 Å². The summed E-state index contributed by atoms with van der Waals surface area (Å²) in [4.78, 5) is 14.5. The van der Waals surface area contributed by atoms with Crippen LogP contribution in [0.3, 0.4) is 0 Å². The zero-order chi connectivity index (χ0) is 14.0. The molecule has 0 aromatic carbocycles. The van der Waals surface area contributed by atoms with E-state index >= 15 is 0 Å². The van der Waals surface area contributed by atoms with Crippen molar-refractivity contribution in [3.63, 3.8) is 0 Å². The Hall–Kier alpha value is -1.36. The van der Waals surface area contributed by atoms with E-state index in [9.17, 15) is 4.79 Å². The molecule has 2 rings (SSSR count). The normalized spacial score (nSPS) is 20.1. The molecule has 1 aliphatic rings. The molecule has 2 heterocycles. The third kappa shape index (κ3) is 2.81. The number of rotatable bonds is 3. The van der Waals surface area contributed by atoms with Crippen LogP contribution in [-0.2, 0) is 7.05 Å². The number of likely N-dealkylation sites (tertiary alicyclic amines) is 1. The summed E-state index contributed by atoms with van der Waals surface area (Å²) in [5.41, 5.74) is 7.41. The van der Waals surface area contributed by atoms with Crippen molar-refractivity contribution in [3.8, 4) is 0 Å². The number of carbonyl (C=O) groups excluding carboxylic acids is 1. The largest absolute Gasteiger partial charge is 0.333 e. The molecule has 0 saturated carbocycles. The maximum absolute atomic E-state index is 12.6. The highest BCUT2D eigenvalue weighted by molar-refractivity contribution is 5.92. The van der Waals surface area contributed by atoms with E-state index in [1.165, 1.54) is 0 Å². The molecule has 0 bridgehead atoms. The van der Waals surface area contributed by atoms with E-state index in [0.29, 0.717) is 18.2 Å². The molecular formula is C14H24N4O. The lowest BCUT2D eigenvalue weighted by Crippen LogP contribution is -2.47. The topological polar surface area (TPSA) is 64.2 Å². The number of nitrogens with two attached hydrogens (primary N) is 1. The minimum absolute atomic E-state index is 0.0256. The van der Waals surface area contributed by atoms with Gasteiger partial charge < -0.3 is 10.6 Å². The van der Waals surface area contributed by atoms with Crippen LogP contribution in [0.5, 0.6) is 0 Å². The van der Waals surface area contributed by atoms with Crippen molar-refractivity contribution < 1.29 is 4.79 Å². The summed E-state index contributed by atoms with van der Waals surface area (Å²) in [7, 11) is 1.89. The molecule has 2 N–H and O–H groups in total. The zero-order valence-electron chi connectivity index (χ0n) is 12.1. The van der Waals surface area contributed by atoms with Gasteiger partial charge in [-0.3, -0.25) is 9.48 Å². The highest BCUT2D eigenvalue weighted by Crippen LogP contribution is 2.20. The number of aromatic nitrogens is 2. The van der Waals surface area contributed by atoms with E-state index < -0.39 is 0 Å². The molecule has 0 spiro atoms. The van der Waals surface area contributed by atoms with Crippen molar-refractivity contribution in [1.82, 2.24) is 14.7 Å². The first-order valence-electron chi connectivity index (χ1n) is 7.09. The number of hydrogen-bond acceptors (Lipinski definition) is 3. The second-order valence-corrected chi connectivity index (χ2v) is 5.62. The van der Waals surface area contributed by atoms with Gasteiger partial charge >= 0.3 is 0 Å². The number of hydrogen-bond donors (Lipinski definition) is 1. The summed E-state index contributed by atoms with van der Waals surface area (Å²) in [5.74, 6) is 0.392. The second-order valence-electron chi connectivity index (χ2n) is 5.62. The lowest BCUT2D eigenvalue weighted by atomic mass is 10.0. The van der Waals surface area contributed by atoms with Crippen LogP contribution < -0.4 is 5.73 Å². The fourth-order valence-electron chi connectivity index (χ4n) is 2.79. The van der Waals surface area contributed by atoms with Gasteiger partial charge in [0.05, 0.1) is 0 Å². The Morgan fingerprint density at radius 2 is 2.26 bits per heavy atom. The van der Waals surface area contributed by atoms with Crippen LogP contribution in [0.4, 0.5) is 0 Å². The molecule has 1 aromatic rings. The maximum atomic E-state index is 12.6. The van der Waals surface area contributed by atoms with E-state index in [-0.39, 0.29) is 11.9 Å². The van der Waals surface area contributed by atoms with Crippen LogP contribution in [0.15, 0.2) is 6.07 Å². The van der Waals surface area contributed by atoms with Crippen LogP contribution in [0, 0.1) is 0 Å². The lowest BCUT2D eigenvalue weighted by molar-refractivity contribution is 0.0616. The van der Waals surface area contributed by atoms with Crippen LogP contribution in [0.2, 0.25) is 0 Å². The molecule has 1 saturated heterocycles. The van der Waals surface area contributed by atoms with Crippen molar-refractivity contribution in [2.75, 3.05) is 13.1 Å². The Morgan fingerprint density at radius 1 is 1.53 bits per heavy atom. The molecular weight excluding hydrogens is 240 g/mol. The number of aryl methyl sites for hydroxylation is 1. The van der Waals surface area contributed by atoms with E-state index in [0.717, 1.165) is 31.5 Å². The minimum Gasteiger partial charge on any atom is -0.333 e. The van der Waals surface area contributed by atoms with Crippen molar-refractivity contribution in [1.29, 1.82) is 0 Å². The molecule has 1 amide bonds. The summed E-state index contributed by atoms with van der Waals surface area (Å²) in [5, 5.41) is 4.36. The average molecular weight is 264 g/mol. The third-order valence-electron chi connectivity index (χ3n) is 3.89. The Morgan fingerprint density at radius 3 is 2.84 bits per heavy atom. The first-order valence-corrected chi connectivity index (χ1v) is 7.09. The van der Waals surface area contributed by atoms with Gasteiger partial charge in [-0.25, -0.2) is 0 Å². The van der Waals surface area contributed by atoms with Crippen molar-refractivity contribution in [2.24, 2.45) is 12.8 Å². The first kappa shape index (κ1) is 14.1. The molecule has 1 fully saturated rings. The van der Waals surface area contributed by atoms with Gasteiger partial charge in [0.2, 0.25) is 0 Å². The SMILES string of the molecule is CC(C)c1cc(C(=O)N2CCCC[C@H]2CN)nn1C. The number of amides is 1. The molecule has 19 heavy (non-hydrogen) atoms. The zero-order valence-corrected chi connectivity index (χ0v) is 12.1. The molecule has 1 atom stereocenters. The summed E-state index contributed by atoms with van der Waals surface area (Å²) in [6, 6.07) is 2.08. The highest BCUT2D eigenvalue weighted by Gasteiger charge is 2.28. The van der Waals surface area contributed by atoms with E-state index in [2.05, 4.69) is 18.9 Å². The van der Waals surface area contributed by atoms with Crippen LogP contribution in [0.25, 0.3) is 0 Å². The van der Waals surface area contributed by atoms with Crippen molar-refractivity contribution in [3.05, 3.63) is 17.5 Å². The fourth-order valence-corrected chi connectivity index (χ4v) is 2.79. The summed E-state index contributed by atoms with van der Waals surface area (Å²) < 4.78 is 1.80. The van der Waals surface area contributed by atoms with Gasteiger partial charge in [0.15, 0.2) is 5.69 Å². The monoisotopic (exact) mass is 264 g/mol. The molecule has 0 aliphatic carbocycles. The Kier molecular flexibility index (Phi) is 4.24. The molecule has 0 radical (unpaired) electrons. The van der Waals surface area contributed by atoms with Crippen LogP contribution >= 0.6 is 0 Å². The standard InChI is InChI=1S/C14H24N4O/c1-10(2)13-8-12(16-17(13)3)14(19)18-7-5-4-6-11(18)9-15/h8,10-11H,4-7,9,15H2,1-3H3/t11-/m0/s1. The number of nitrogens with zero attached hydrogens (tertiary/aromatic N) is 3. The lowest BCUT2D eigenvalue weighted by Gasteiger charge is -2.34. The molecule has 5 nitrogen and oxygen atoms in total. The van der Waals surface area contributed by atoms with Gasteiger partial charge in [-0.15, -0.1) is 0 Å². The molecule has 106 valence electrons. The van der Waals surface area contributed by atoms with Gasteiger partial charge in [0.25, 0.3) is 5.91 Å². The number of piperidine rings is 1. The predicted octanol–water partition coefficient (Wildman–Crippen LogP) is 1.50. The first-order chi connectivity index (χ1) is 9.04. The summed E-state index contributed by atoms with van der Waals surface area (Å²) in [6.07, 6.45) is 3.23. The quantitative estimate of drug-likeness (QED) is 0.899. The van der Waals surface area contributed by atoms with Gasteiger partial charge in [-0.05, 0) is 31.2 Å². The van der Waals surface area contributed by atoms with Gasteiger partial charge in [-0.2, -0.15) is 5.10 Å². The highest BCUT2D eigenvalue weighted by atomic mass is 16.2. The molecule has 1 aliphatic heterocycles. The smallest absolute Gasteiger partial charge is 0.274 e. The Balaban J connectivity index is 2.20. The fraction of sp³-hybridized carbons (Fsp3) is 0.714. The summed E-state index contributed by atoms with van der Waals surface area (Å²) in [6.45, 7) is 5.55. The van der Waals surface area contributed by atoms with Gasteiger partial charge in [-0.1, -0.05) is 13.8 Å². The predicted molar refractivity (Wildman–Crippen MR) is 75.0 cm³/mol. The summed E-state index contributed by atoms with van der Waals surface area (Å²) >= 11 is 0. The molecule has 1 aromatic heterocycles. The van der Waals surface area contributed by atoms with E-state index in [1.807, 2.05) is 18.0 Å². The van der Waals surface area contributed by atoms with Gasteiger partial charge in [0, 0.05) is 31.9 Å². The van der Waals surface area contributed by atoms with Crippen molar-refractivity contribution in [2.45, 2.75) is 45.1 Å². The third-order valence-corrected chi connectivity index (χ3v) is 3.89. The van der Waals surface area contributed by atoms with Crippen LogP contribution in [-0.4, -0.2) is 39.7 Å². The minimum atomic E-state index is 0.0256. The van der Waals surface area contributed by atoms with Crippen molar-refractivity contribution >= 4 is 5.91 Å².